The molecule has 30 heavy (non-hydrogen) atoms. The summed E-state index contributed by atoms with van der Waals surface area (Å²) in [5, 5.41) is 10.1. The Hall–Kier alpha value is -2.82. The molecule has 1 aromatic carbocycles. The standard InChI is InChI=1S/C25H30O5/c1-15(2)12-19(27)13-16(3)8-6-7-11-25(5)17(4)22-23(28)20-10-9-18(26)14-21(20)29-24(22)30-25/h8-10,12,14,17,26H,6-7,11,13H2,1-5H3/b16-8-/t17-,25+/m1/s1. The molecule has 5 nitrogen and oxygen atoms in total. The number of aromatic hydroxyl groups is 1. The number of hydrogen-bond acceptors (Lipinski definition) is 5. The number of ether oxygens (including phenoxy) is 1. The van der Waals surface area contributed by atoms with Crippen molar-refractivity contribution in [2.75, 3.05) is 0 Å². The number of phenols is 1. The monoisotopic (exact) mass is 410 g/mol. The quantitative estimate of drug-likeness (QED) is 0.355. The van der Waals surface area contributed by atoms with E-state index < -0.39 is 5.60 Å². The number of carbonyl (C=O) groups is 1. The van der Waals surface area contributed by atoms with Gasteiger partial charge in [0.1, 0.15) is 16.9 Å². The fourth-order valence-electron chi connectivity index (χ4n) is 4.02. The molecule has 2 atom stereocenters. The van der Waals surface area contributed by atoms with Gasteiger partial charge in [0.05, 0.1) is 10.9 Å². The van der Waals surface area contributed by atoms with Gasteiger partial charge in [-0.1, -0.05) is 24.1 Å². The predicted molar refractivity (Wildman–Crippen MR) is 118 cm³/mol. The largest absolute Gasteiger partial charge is 0.508 e. The molecule has 1 aromatic heterocycles. The number of allylic oxidation sites excluding steroid dienone is 4. The van der Waals surface area contributed by atoms with Crippen molar-refractivity contribution in [3.8, 4) is 11.7 Å². The molecule has 0 saturated heterocycles. The van der Waals surface area contributed by atoms with Crippen molar-refractivity contribution in [2.24, 2.45) is 0 Å². The van der Waals surface area contributed by atoms with Crippen LogP contribution in [0.2, 0.25) is 0 Å². The van der Waals surface area contributed by atoms with Gasteiger partial charge in [-0.2, -0.15) is 0 Å². The molecule has 1 aliphatic rings. The Bertz CT molecular complexity index is 1080. The van der Waals surface area contributed by atoms with E-state index in [2.05, 4.69) is 6.08 Å². The maximum Gasteiger partial charge on any atom is 0.293 e. The van der Waals surface area contributed by atoms with Gasteiger partial charge < -0.3 is 14.3 Å². The molecule has 0 saturated carbocycles. The van der Waals surface area contributed by atoms with Crippen LogP contribution in [0.25, 0.3) is 11.0 Å². The van der Waals surface area contributed by atoms with E-state index in [1.165, 1.54) is 12.1 Å². The average molecular weight is 411 g/mol. The number of benzene rings is 1. The Morgan fingerprint density at radius 2 is 2.00 bits per heavy atom. The number of carbonyl (C=O) groups excluding carboxylic acids is 1. The first-order chi connectivity index (χ1) is 14.1. The lowest BCUT2D eigenvalue weighted by Gasteiger charge is -2.27. The molecular weight excluding hydrogens is 380 g/mol. The molecule has 3 rings (SSSR count). The molecule has 2 aromatic rings. The molecule has 0 spiro atoms. The highest BCUT2D eigenvalue weighted by atomic mass is 16.6. The molecular formula is C25H30O5. The maximum absolute atomic E-state index is 13.0. The summed E-state index contributed by atoms with van der Waals surface area (Å²) >= 11 is 0. The van der Waals surface area contributed by atoms with Gasteiger partial charge in [0, 0.05) is 18.4 Å². The van der Waals surface area contributed by atoms with Crippen LogP contribution < -0.4 is 10.2 Å². The number of phenolic OH excluding ortho intramolecular Hbond substituents is 1. The third-order valence-electron chi connectivity index (χ3n) is 5.82. The first-order valence-electron chi connectivity index (χ1n) is 10.4. The van der Waals surface area contributed by atoms with Crippen molar-refractivity contribution >= 4 is 16.8 Å². The zero-order valence-corrected chi connectivity index (χ0v) is 18.4. The zero-order chi connectivity index (χ0) is 22.1. The topological polar surface area (TPSA) is 76.7 Å². The molecule has 2 heterocycles. The number of unbranched alkanes of at least 4 members (excludes halogenated alkanes) is 1. The van der Waals surface area contributed by atoms with Crippen molar-refractivity contribution in [1.29, 1.82) is 0 Å². The number of ketones is 1. The Labute approximate surface area is 177 Å². The van der Waals surface area contributed by atoms with Crippen LogP contribution in [-0.4, -0.2) is 16.5 Å². The Balaban J connectivity index is 1.68. The summed E-state index contributed by atoms with van der Waals surface area (Å²) in [4.78, 5) is 24.8. The summed E-state index contributed by atoms with van der Waals surface area (Å²) in [7, 11) is 0. The Kier molecular flexibility index (Phi) is 6.20. The molecule has 0 bridgehead atoms. The second-order valence-corrected chi connectivity index (χ2v) is 8.76. The van der Waals surface area contributed by atoms with Gasteiger partial charge in [0.25, 0.3) is 5.95 Å². The second-order valence-electron chi connectivity index (χ2n) is 8.76. The molecule has 1 N–H and O–H groups in total. The molecule has 0 aliphatic carbocycles. The minimum Gasteiger partial charge on any atom is -0.508 e. The number of fused-ring (bicyclic) bond motifs is 2. The van der Waals surface area contributed by atoms with Crippen LogP contribution in [0.4, 0.5) is 0 Å². The van der Waals surface area contributed by atoms with Gasteiger partial charge in [-0.3, -0.25) is 9.59 Å². The second kappa shape index (κ2) is 8.50. The minimum atomic E-state index is -0.538. The van der Waals surface area contributed by atoms with Gasteiger partial charge in [0.15, 0.2) is 11.2 Å². The van der Waals surface area contributed by atoms with E-state index >= 15 is 0 Å². The molecule has 1 aliphatic heterocycles. The summed E-state index contributed by atoms with van der Waals surface area (Å²) in [6.07, 6.45) is 6.69. The van der Waals surface area contributed by atoms with Gasteiger partial charge in [-0.25, -0.2) is 0 Å². The average Bonchev–Trinajstić information content (AvgIpc) is 2.88. The first-order valence-corrected chi connectivity index (χ1v) is 10.4. The van der Waals surface area contributed by atoms with Crippen molar-refractivity contribution in [1.82, 2.24) is 0 Å². The van der Waals surface area contributed by atoms with E-state index in [9.17, 15) is 14.7 Å². The molecule has 0 radical (unpaired) electrons. The minimum absolute atomic E-state index is 0.0460. The SMILES string of the molecule is CC(C)=CC(=O)C/C(C)=C\CCC[C@]1(C)Oc2oc3cc(O)ccc3c(=O)c2[C@H]1C. The lowest BCUT2D eigenvalue weighted by atomic mass is 9.83. The third-order valence-corrected chi connectivity index (χ3v) is 5.82. The van der Waals surface area contributed by atoms with Gasteiger partial charge >= 0.3 is 0 Å². The van der Waals surface area contributed by atoms with Crippen LogP contribution >= 0.6 is 0 Å². The van der Waals surface area contributed by atoms with Crippen molar-refractivity contribution in [3.63, 3.8) is 0 Å². The van der Waals surface area contributed by atoms with Crippen molar-refractivity contribution in [2.45, 2.75) is 71.8 Å². The summed E-state index contributed by atoms with van der Waals surface area (Å²) in [6, 6.07) is 4.51. The zero-order valence-electron chi connectivity index (χ0n) is 18.4. The highest BCUT2D eigenvalue weighted by Crippen LogP contribution is 2.46. The van der Waals surface area contributed by atoms with Crippen LogP contribution in [0.5, 0.6) is 11.7 Å². The number of rotatable bonds is 7. The summed E-state index contributed by atoms with van der Waals surface area (Å²) in [6.45, 7) is 9.82. The Morgan fingerprint density at radius 3 is 2.70 bits per heavy atom. The highest BCUT2D eigenvalue weighted by Gasteiger charge is 2.45. The molecule has 5 heteroatoms. The summed E-state index contributed by atoms with van der Waals surface area (Å²) in [5.74, 6) is 0.324. The molecule has 0 unspecified atom stereocenters. The van der Waals surface area contributed by atoms with Gasteiger partial charge in [-0.05, 0) is 65.2 Å². The van der Waals surface area contributed by atoms with Crippen LogP contribution in [0.3, 0.4) is 0 Å². The molecule has 0 fully saturated rings. The van der Waals surface area contributed by atoms with Crippen LogP contribution in [0.15, 0.2) is 50.7 Å². The fourth-order valence-corrected chi connectivity index (χ4v) is 4.02. The van der Waals surface area contributed by atoms with Crippen molar-refractivity contribution < 1.29 is 19.1 Å². The van der Waals surface area contributed by atoms with E-state index in [1.54, 1.807) is 12.1 Å². The highest BCUT2D eigenvalue weighted by molar-refractivity contribution is 5.91. The first kappa shape index (κ1) is 21.9. The van der Waals surface area contributed by atoms with Gasteiger partial charge in [-0.15, -0.1) is 0 Å². The fraction of sp³-hybridized carbons (Fsp3) is 0.440. The summed E-state index contributed by atoms with van der Waals surface area (Å²) in [5.41, 5.74) is 2.33. The predicted octanol–water partition coefficient (Wildman–Crippen LogP) is 5.80. The normalized spacial score (nSPS) is 20.7. The smallest absolute Gasteiger partial charge is 0.293 e. The van der Waals surface area contributed by atoms with E-state index in [-0.39, 0.29) is 28.8 Å². The lowest BCUT2D eigenvalue weighted by Crippen LogP contribution is -2.33. The Morgan fingerprint density at radius 1 is 1.27 bits per heavy atom. The van der Waals surface area contributed by atoms with E-state index in [1.807, 2.05) is 34.6 Å². The van der Waals surface area contributed by atoms with E-state index in [0.717, 1.165) is 30.4 Å². The number of hydrogen-bond donors (Lipinski definition) is 1. The van der Waals surface area contributed by atoms with Crippen LogP contribution in [0, 0.1) is 0 Å². The molecule has 0 amide bonds. The van der Waals surface area contributed by atoms with Crippen molar-refractivity contribution in [3.05, 3.63) is 57.3 Å². The summed E-state index contributed by atoms with van der Waals surface area (Å²) < 4.78 is 11.9. The lowest BCUT2D eigenvalue weighted by molar-refractivity contribution is -0.114. The maximum atomic E-state index is 13.0. The van der Waals surface area contributed by atoms with Crippen LogP contribution in [-0.2, 0) is 4.79 Å². The van der Waals surface area contributed by atoms with Crippen LogP contribution in [0.1, 0.15) is 71.8 Å². The molecule has 160 valence electrons. The van der Waals surface area contributed by atoms with Gasteiger partial charge in [0.2, 0.25) is 0 Å². The van der Waals surface area contributed by atoms with E-state index in [0.29, 0.717) is 23.0 Å². The third kappa shape index (κ3) is 4.50. The van der Waals surface area contributed by atoms with E-state index in [4.69, 9.17) is 9.15 Å².